The fourth-order valence-corrected chi connectivity index (χ4v) is 3.44. The Labute approximate surface area is 160 Å². The fraction of sp³-hybridized carbons (Fsp3) is 0.222. The molecule has 4 rings (SSSR count). The number of ether oxygens (including phenoxy) is 1. The maximum atomic E-state index is 14.2. The number of amides is 1. The normalized spacial score (nSPS) is 16.6. The second-order valence-corrected chi connectivity index (χ2v) is 7.09. The van der Waals surface area contributed by atoms with Crippen molar-refractivity contribution in [1.29, 1.82) is 0 Å². The Morgan fingerprint density at radius 2 is 2.00 bits per heavy atom. The molecule has 1 aliphatic rings. The first-order chi connectivity index (χ1) is 12.8. The second kappa shape index (κ2) is 6.26. The van der Waals surface area contributed by atoms with Crippen molar-refractivity contribution in [3.63, 3.8) is 0 Å². The first-order valence-corrected chi connectivity index (χ1v) is 8.86. The predicted molar refractivity (Wildman–Crippen MR) is 95.2 cm³/mol. The van der Waals surface area contributed by atoms with Gasteiger partial charge in [-0.05, 0) is 41.9 Å². The van der Waals surface area contributed by atoms with Crippen LogP contribution in [0, 0.1) is 24.4 Å². The summed E-state index contributed by atoms with van der Waals surface area (Å²) in [7, 11) is 0. The quantitative estimate of drug-likeness (QED) is 0.602. The molecule has 0 N–H and O–H groups in total. The standard InChI is InChI=1S/C18H13BrF3N3O2/c1-8-14(24-6-10(19)12(21)5-15(24)23-8)7-25-13-4-3-11(20)16(22)17(13)27-9(2)18(25)26/h3-6,9H,7H2,1-2H3/t9-/m1/s1. The van der Waals surface area contributed by atoms with Gasteiger partial charge in [-0.3, -0.25) is 9.69 Å². The highest BCUT2D eigenvalue weighted by Crippen LogP contribution is 2.38. The maximum absolute atomic E-state index is 14.2. The van der Waals surface area contributed by atoms with Gasteiger partial charge >= 0.3 is 0 Å². The van der Waals surface area contributed by atoms with E-state index in [1.165, 1.54) is 30.2 Å². The molecule has 27 heavy (non-hydrogen) atoms. The Morgan fingerprint density at radius 1 is 1.26 bits per heavy atom. The number of rotatable bonds is 2. The minimum atomic E-state index is -1.14. The highest BCUT2D eigenvalue weighted by atomic mass is 79.9. The number of aryl methyl sites for hydroxylation is 1. The number of carbonyl (C=O) groups excluding carboxylic acids is 1. The number of carbonyl (C=O) groups is 1. The third-order valence-corrected chi connectivity index (χ3v) is 5.08. The fourth-order valence-electron chi connectivity index (χ4n) is 3.12. The molecular weight excluding hydrogens is 427 g/mol. The number of nitrogens with zero attached hydrogens (tertiary/aromatic N) is 3. The molecule has 0 fully saturated rings. The van der Waals surface area contributed by atoms with Gasteiger partial charge in [0.15, 0.2) is 17.7 Å². The lowest BCUT2D eigenvalue weighted by Crippen LogP contribution is -2.44. The van der Waals surface area contributed by atoms with Crippen molar-refractivity contribution in [3.05, 3.63) is 57.7 Å². The van der Waals surface area contributed by atoms with Crippen LogP contribution < -0.4 is 9.64 Å². The molecule has 0 saturated heterocycles. The lowest BCUT2D eigenvalue weighted by atomic mass is 10.1. The molecule has 0 bridgehead atoms. The Balaban J connectivity index is 1.85. The number of aromatic nitrogens is 2. The highest BCUT2D eigenvalue weighted by molar-refractivity contribution is 9.10. The van der Waals surface area contributed by atoms with E-state index in [0.29, 0.717) is 17.0 Å². The smallest absolute Gasteiger partial charge is 0.268 e. The van der Waals surface area contributed by atoms with Gasteiger partial charge < -0.3 is 9.14 Å². The highest BCUT2D eigenvalue weighted by Gasteiger charge is 2.35. The van der Waals surface area contributed by atoms with E-state index in [-0.39, 0.29) is 22.5 Å². The topological polar surface area (TPSA) is 46.8 Å². The van der Waals surface area contributed by atoms with Crippen molar-refractivity contribution in [2.75, 3.05) is 4.90 Å². The molecule has 1 aromatic carbocycles. The molecule has 0 saturated carbocycles. The lowest BCUT2D eigenvalue weighted by molar-refractivity contribution is -0.125. The number of pyridine rings is 1. The largest absolute Gasteiger partial charge is 0.475 e. The van der Waals surface area contributed by atoms with Crippen LogP contribution in [0.25, 0.3) is 5.65 Å². The average molecular weight is 440 g/mol. The van der Waals surface area contributed by atoms with E-state index in [4.69, 9.17) is 4.74 Å². The Hall–Kier alpha value is -2.55. The van der Waals surface area contributed by atoms with Crippen LogP contribution in [0.4, 0.5) is 18.9 Å². The number of fused-ring (bicyclic) bond motifs is 2. The average Bonchev–Trinajstić information content (AvgIpc) is 2.91. The number of halogens is 4. The molecule has 2 aromatic heterocycles. The zero-order valence-corrected chi connectivity index (χ0v) is 15.8. The summed E-state index contributed by atoms with van der Waals surface area (Å²) in [4.78, 5) is 18.3. The van der Waals surface area contributed by atoms with Crippen LogP contribution in [0.3, 0.4) is 0 Å². The monoisotopic (exact) mass is 439 g/mol. The van der Waals surface area contributed by atoms with Crippen molar-refractivity contribution in [2.45, 2.75) is 26.5 Å². The molecule has 140 valence electrons. The summed E-state index contributed by atoms with van der Waals surface area (Å²) < 4.78 is 48.7. The van der Waals surface area contributed by atoms with Crippen LogP contribution in [0.15, 0.2) is 28.9 Å². The Morgan fingerprint density at radius 3 is 2.74 bits per heavy atom. The van der Waals surface area contributed by atoms with Crippen LogP contribution in [-0.4, -0.2) is 21.4 Å². The van der Waals surface area contributed by atoms with Gasteiger partial charge in [0.25, 0.3) is 5.91 Å². The number of hydrogen-bond donors (Lipinski definition) is 0. The van der Waals surface area contributed by atoms with E-state index in [1.54, 1.807) is 11.3 Å². The van der Waals surface area contributed by atoms with Gasteiger partial charge in [-0.2, -0.15) is 4.39 Å². The molecule has 1 aliphatic heterocycles. The van der Waals surface area contributed by atoms with Gasteiger partial charge in [0.05, 0.1) is 28.1 Å². The van der Waals surface area contributed by atoms with Gasteiger partial charge in [-0.15, -0.1) is 0 Å². The summed E-state index contributed by atoms with van der Waals surface area (Å²) in [6.45, 7) is 3.24. The third-order valence-electron chi connectivity index (χ3n) is 4.50. The number of anilines is 1. The summed E-state index contributed by atoms with van der Waals surface area (Å²) in [6, 6.07) is 3.51. The second-order valence-electron chi connectivity index (χ2n) is 6.24. The van der Waals surface area contributed by atoms with Crippen LogP contribution in [-0.2, 0) is 11.3 Å². The molecule has 0 aliphatic carbocycles. The zero-order chi connectivity index (χ0) is 19.5. The van der Waals surface area contributed by atoms with Crippen LogP contribution in [0.5, 0.6) is 5.75 Å². The van der Waals surface area contributed by atoms with Crippen LogP contribution >= 0.6 is 15.9 Å². The Bertz CT molecular complexity index is 1100. The first-order valence-electron chi connectivity index (χ1n) is 8.06. The van der Waals surface area contributed by atoms with Crippen molar-refractivity contribution >= 4 is 33.2 Å². The van der Waals surface area contributed by atoms with E-state index >= 15 is 0 Å². The summed E-state index contributed by atoms with van der Waals surface area (Å²) in [5.74, 6) is -3.36. The molecule has 9 heteroatoms. The molecule has 0 unspecified atom stereocenters. The minimum Gasteiger partial charge on any atom is -0.475 e. The molecule has 1 atom stereocenters. The van der Waals surface area contributed by atoms with Crippen molar-refractivity contribution < 1.29 is 22.7 Å². The van der Waals surface area contributed by atoms with Crippen molar-refractivity contribution in [3.8, 4) is 5.75 Å². The summed E-state index contributed by atoms with van der Waals surface area (Å²) in [5.41, 5.74) is 1.71. The molecule has 3 aromatic rings. The van der Waals surface area contributed by atoms with Crippen LogP contribution in [0.2, 0.25) is 0 Å². The number of benzene rings is 1. The molecule has 3 heterocycles. The minimum absolute atomic E-state index is 0.0374. The summed E-state index contributed by atoms with van der Waals surface area (Å²) >= 11 is 3.13. The number of imidazole rings is 1. The first kappa shape index (κ1) is 17.8. The van der Waals surface area contributed by atoms with Gasteiger partial charge in [0.1, 0.15) is 11.5 Å². The van der Waals surface area contributed by atoms with E-state index in [9.17, 15) is 18.0 Å². The zero-order valence-electron chi connectivity index (χ0n) is 14.3. The summed E-state index contributed by atoms with van der Waals surface area (Å²) in [5, 5.41) is 0. The SMILES string of the molecule is Cc1nc2cc(F)c(Br)cn2c1CN1C(=O)[C@@H](C)Oc2c1ccc(F)c2F. The molecule has 1 amide bonds. The third kappa shape index (κ3) is 2.77. The molecule has 0 radical (unpaired) electrons. The number of hydrogen-bond acceptors (Lipinski definition) is 3. The maximum Gasteiger partial charge on any atom is 0.268 e. The van der Waals surface area contributed by atoms with E-state index in [2.05, 4.69) is 20.9 Å². The lowest BCUT2D eigenvalue weighted by Gasteiger charge is -2.33. The predicted octanol–water partition coefficient (Wildman–Crippen LogP) is 4.14. The van der Waals surface area contributed by atoms with E-state index < -0.39 is 29.5 Å². The van der Waals surface area contributed by atoms with Gasteiger partial charge in [0.2, 0.25) is 5.82 Å². The van der Waals surface area contributed by atoms with Crippen molar-refractivity contribution in [2.24, 2.45) is 0 Å². The van der Waals surface area contributed by atoms with Crippen molar-refractivity contribution in [1.82, 2.24) is 9.38 Å². The van der Waals surface area contributed by atoms with Crippen LogP contribution in [0.1, 0.15) is 18.3 Å². The Kier molecular flexibility index (Phi) is 4.14. The molecular formula is C18H13BrF3N3O2. The molecule has 5 nitrogen and oxygen atoms in total. The van der Waals surface area contributed by atoms with E-state index in [0.717, 1.165) is 6.07 Å². The molecule has 0 spiro atoms. The summed E-state index contributed by atoms with van der Waals surface area (Å²) in [6.07, 6.45) is 0.540. The van der Waals surface area contributed by atoms with E-state index in [1.807, 2.05) is 0 Å². The van der Waals surface area contributed by atoms with Gasteiger partial charge in [0, 0.05) is 12.3 Å². The van der Waals surface area contributed by atoms with Gasteiger partial charge in [-0.25, -0.2) is 13.8 Å². The van der Waals surface area contributed by atoms with Gasteiger partial charge in [-0.1, -0.05) is 0 Å².